The Morgan fingerprint density at radius 1 is 1.33 bits per heavy atom. The second kappa shape index (κ2) is 6.17. The van der Waals surface area contributed by atoms with E-state index in [9.17, 15) is 18.4 Å². The smallest absolute Gasteiger partial charge is 0.336 e. The molecule has 1 aliphatic rings. The molecule has 0 aromatic heterocycles. The predicted octanol–water partition coefficient (Wildman–Crippen LogP) is 1.91. The molecular weight excluding hydrogens is 284 g/mol. The number of carboxylic acids is 1. The first kappa shape index (κ1) is 15.4. The monoisotopic (exact) mass is 299 g/mol. The van der Waals surface area contributed by atoms with Gasteiger partial charge in [-0.15, -0.1) is 0 Å². The molecule has 1 saturated heterocycles. The molecule has 7 heteroatoms. The highest BCUT2D eigenvalue weighted by atomic mass is 19.2. The van der Waals surface area contributed by atoms with Crippen molar-refractivity contribution in [3.8, 4) is 0 Å². The van der Waals surface area contributed by atoms with E-state index >= 15 is 0 Å². The maximum atomic E-state index is 13.3. The molecule has 0 spiro atoms. The first-order valence-corrected chi connectivity index (χ1v) is 6.49. The summed E-state index contributed by atoms with van der Waals surface area (Å²) in [4.78, 5) is 24.6. The van der Waals surface area contributed by atoms with E-state index in [1.807, 2.05) is 0 Å². The summed E-state index contributed by atoms with van der Waals surface area (Å²) >= 11 is 0. The summed E-state index contributed by atoms with van der Waals surface area (Å²) in [6, 6.07) is 1.14. The summed E-state index contributed by atoms with van der Waals surface area (Å²) in [5, 5.41) is 9.01. The van der Waals surface area contributed by atoms with Gasteiger partial charge < -0.3 is 14.7 Å². The number of aromatic carboxylic acids is 1. The molecule has 1 amide bonds. The Morgan fingerprint density at radius 2 is 1.95 bits per heavy atom. The molecule has 2 rings (SSSR count). The number of nitrogens with zero attached hydrogens (tertiary/aromatic N) is 1. The van der Waals surface area contributed by atoms with Crippen LogP contribution >= 0.6 is 0 Å². The van der Waals surface area contributed by atoms with Gasteiger partial charge in [-0.1, -0.05) is 0 Å². The van der Waals surface area contributed by atoms with Crippen LogP contribution < -0.4 is 0 Å². The minimum Gasteiger partial charge on any atom is -0.478 e. The van der Waals surface area contributed by atoms with Gasteiger partial charge in [0.25, 0.3) is 5.91 Å². The van der Waals surface area contributed by atoms with E-state index in [0.29, 0.717) is 18.7 Å². The van der Waals surface area contributed by atoms with E-state index in [0.717, 1.165) is 12.8 Å². The maximum absolute atomic E-state index is 13.3. The van der Waals surface area contributed by atoms with Gasteiger partial charge in [-0.25, -0.2) is 13.6 Å². The Labute approximate surface area is 120 Å². The lowest BCUT2D eigenvalue weighted by Crippen LogP contribution is -2.35. The van der Waals surface area contributed by atoms with Gasteiger partial charge in [0.1, 0.15) is 0 Å². The Bertz CT molecular complexity index is 570. The van der Waals surface area contributed by atoms with Crippen LogP contribution in [0.2, 0.25) is 0 Å². The molecule has 1 aromatic carbocycles. The minimum atomic E-state index is -1.48. The Kier molecular flexibility index (Phi) is 4.52. The molecule has 5 nitrogen and oxygen atoms in total. The van der Waals surface area contributed by atoms with Crippen LogP contribution in [0.15, 0.2) is 12.1 Å². The van der Waals surface area contributed by atoms with E-state index in [-0.39, 0.29) is 18.2 Å². The van der Waals surface area contributed by atoms with Crippen molar-refractivity contribution in [2.45, 2.75) is 18.9 Å². The second-order valence-electron chi connectivity index (χ2n) is 4.94. The van der Waals surface area contributed by atoms with Crippen LogP contribution in [0.5, 0.6) is 0 Å². The van der Waals surface area contributed by atoms with Crippen molar-refractivity contribution in [3.63, 3.8) is 0 Å². The number of carbonyl (C=O) groups is 2. The Morgan fingerprint density at radius 3 is 2.48 bits per heavy atom. The molecule has 1 atom stereocenters. The Balaban J connectivity index is 2.24. The van der Waals surface area contributed by atoms with Crippen LogP contribution in [0.3, 0.4) is 0 Å². The highest BCUT2D eigenvalue weighted by molar-refractivity contribution is 6.04. The van der Waals surface area contributed by atoms with Crippen molar-refractivity contribution in [3.05, 3.63) is 34.9 Å². The molecule has 21 heavy (non-hydrogen) atoms. The van der Waals surface area contributed by atoms with Gasteiger partial charge in [0.15, 0.2) is 11.6 Å². The van der Waals surface area contributed by atoms with Crippen molar-refractivity contribution in [2.75, 3.05) is 20.2 Å². The summed E-state index contributed by atoms with van der Waals surface area (Å²) in [5.41, 5.74) is -0.931. The van der Waals surface area contributed by atoms with Crippen molar-refractivity contribution in [1.82, 2.24) is 4.90 Å². The van der Waals surface area contributed by atoms with Gasteiger partial charge in [-0.05, 0) is 25.0 Å². The molecule has 0 bridgehead atoms. The molecule has 1 N–H and O–H groups in total. The van der Waals surface area contributed by atoms with Crippen LogP contribution in [-0.2, 0) is 4.74 Å². The topological polar surface area (TPSA) is 66.8 Å². The highest BCUT2D eigenvalue weighted by Gasteiger charge is 2.25. The van der Waals surface area contributed by atoms with E-state index in [2.05, 4.69) is 0 Å². The molecule has 1 heterocycles. The Hall–Kier alpha value is -2.02. The third-order valence-corrected chi connectivity index (χ3v) is 3.37. The first-order chi connectivity index (χ1) is 9.90. The lowest BCUT2D eigenvalue weighted by Gasteiger charge is -2.21. The van der Waals surface area contributed by atoms with Crippen LogP contribution in [0.1, 0.15) is 33.6 Å². The number of carboxylic acid groups (broad SMARTS) is 1. The fourth-order valence-electron chi connectivity index (χ4n) is 2.28. The van der Waals surface area contributed by atoms with Crippen molar-refractivity contribution in [1.29, 1.82) is 0 Å². The zero-order chi connectivity index (χ0) is 15.6. The van der Waals surface area contributed by atoms with E-state index in [4.69, 9.17) is 9.84 Å². The molecule has 0 saturated carbocycles. The quantitative estimate of drug-likeness (QED) is 0.922. The number of likely N-dealkylation sites (N-methyl/N-ethyl adjacent to an activating group) is 1. The van der Waals surface area contributed by atoms with Crippen LogP contribution in [0.4, 0.5) is 8.78 Å². The normalized spacial score (nSPS) is 17.8. The number of rotatable bonds is 4. The number of hydrogen-bond donors (Lipinski definition) is 1. The second-order valence-corrected chi connectivity index (χ2v) is 4.94. The largest absolute Gasteiger partial charge is 0.478 e. The maximum Gasteiger partial charge on any atom is 0.336 e. The molecule has 114 valence electrons. The number of benzene rings is 1. The minimum absolute atomic E-state index is 0.113. The zero-order valence-corrected chi connectivity index (χ0v) is 11.4. The van der Waals surface area contributed by atoms with Gasteiger partial charge >= 0.3 is 5.97 Å². The molecule has 0 radical (unpaired) electrons. The van der Waals surface area contributed by atoms with Gasteiger partial charge in [0.05, 0.1) is 17.2 Å². The fourth-order valence-corrected chi connectivity index (χ4v) is 2.28. The van der Waals surface area contributed by atoms with Gasteiger partial charge in [-0.2, -0.15) is 0 Å². The molecule has 1 fully saturated rings. The SMILES string of the molecule is CN(CC1CCCO1)C(=O)c1cc(F)c(F)cc1C(=O)O. The molecule has 1 unspecified atom stereocenters. The van der Waals surface area contributed by atoms with Gasteiger partial charge in [0, 0.05) is 20.2 Å². The average Bonchev–Trinajstić information content (AvgIpc) is 2.93. The van der Waals surface area contributed by atoms with Crippen LogP contribution in [0.25, 0.3) is 0 Å². The van der Waals surface area contributed by atoms with E-state index < -0.39 is 29.1 Å². The third kappa shape index (κ3) is 3.36. The summed E-state index contributed by atoms with van der Waals surface area (Å²) in [6.07, 6.45) is 1.59. The number of hydrogen-bond acceptors (Lipinski definition) is 3. The lowest BCUT2D eigenvalue weighted by atomic mass is 10.1. The molecule has 1 aromatic rings. The van der Waals surface area contributed by atoms with Crippen molar-refractivity contribution >= 4 is 11.9 Å². The predicted molar refractivity (Wildman–Crippen MR) is 69.3 cm³/mol. The first-order valence-electron chi connectivity index (χ1n) is 6.49. The van der Waals surface area contributed by atoms with Gasteiger partial charge in [-0.3, -0.25) is 4.79 Å². The van der Waals surface area contributed by atoms with Crippen LogP contribution in [0, 0.1) is 11.6 Å². The summed E-state index contributed by atoms with van der Waals surface area (Å²) in [7, 11) is 1.47. The average molecular weight is 299 g/mol. The van der Waals surface area contributed by atoms with E-state index in [1.165, 1.54) is 11.9 Å². The molecular formula is C14H15F2NO4. The zero-order valence-electron chi connectivity index (χ0n) is 11.4. The van der Waals surface area contributed by atoms with Crippen LogP contribution in [-0.4, -0.2) is 48.2 Å². The standard InChI is InChI=1S/C14H15F2NO4/c1-17(7-8-3-2-4-21-8)13(18)9-5-11(15)12(16)6-10(9)14(19)20/h5-6,8H,2-4,7H2,1H3,(H,19,20). The van der Waals surface area contributed by atoms with Crippen molar-refractivity contribution < 1.29 is 28.2 Å². The van der Waals surface area contributed by atoms with E-state index in [1.54, 1.807) is 0 Å². The third-order valence-electron chi connectivity index (χ3n) is 3.37. The summed E-state index contributed by atoms with van der Waals surface area (Å²) < 4.78 is 31.8. The highest BCUT2D eigenvalue weighted by Crippen LogP contribution is 2.19. The summed E-state index contributed by atoms with van der Waals surface area (Å²) in [5.74, 6) is -4.72. The number of halogens is 2. The summed E-state index contributed by atoms with van der Waals surface area (Å²) in [6.45, 7) is 0.898. The number of amides is 1. The molecule has 0 aliphatic carbocycles. The number of ether oxygens (including phenoxy) is 1. The van der Waals surface area contributed by atoms with Crippen molar-refractivity contribution in [2.24, 2.45) is 0 Å². The fraction of sp³-hybridized carbons (Fsp3) is 0.429. The number of carbonyl (C=O) groups excluding carboxylic acids is 1. The lowest BCUT2D eigenvalue weighted by molar-refractivity contribution is 0.0577. The molecule has 1 aliphatic heterocycles. The van der Waals surface area contributed by atoms with Gasteiger partial charge in [0.2, 0.25) is 0 Å².